The number of carbonyl (C=O) groups is 2. The lowest BCUT2D eigenvalue weighted by atomic mass is 9.93. The van der Waals surface area contributed by atoms with Gasteiger partial charge in [0.05, 0.1) is 12.3 Å². The van der Waals surface area contributed by atoms with Crippen LogP contribution < -0.4 is 15.6 Å². The smallest absolute Gasteiger partial charge is 0.410 e. The second-order valence-electron chi connectivity index (χ2n) is 9.52. The summed E-state index contributed by atoms with van der Waals surface area (Å²) in [4.78, 5) is 44.4. The second-order valence-corrected chi connectivity index (χ2v) is 9.52. The van der Waals surface area contributed by atoms with Crippen LogP contribution >= 0.6 is 0 Å². The summed E-state index contributed by atoms with van der Waals surface area (Å²) in [6.07, 6.45) is 2.45. The highest BCUT2D eigenvalue weighted by Crippen LogP contribution is 2.28. The van der Waals surface area contributed by atoms with Crippen LogP contribution in [0.5, 0.6) is 5.75 Å². The second kappa shape index (κ2) is 9.81. The third-order valence-electron chi connectivity index (χ3n) is 5.75. The van der Waals surface area contributed by atoms with Gasteiger partial charge >= 0.3 is 6.09 Å². The van der Waals surface area contributed by atoms with Gasteiger partial charge in [0.25, 0.3) is 11.5 Å². The summed E-state index contributed by atoms with van der Waals surface area (Å²) in [5.74, 6) is 0.341. The Morgan fingerprint density at radius 2 is 1.86 bits per heavy atom. The Balaban J connectivity index is 1.49. The van der Waals surface area contributed by atoms with Crippen LogP contribution in [0.15, 0.2) is 41.3 Å². The summed E-state index contributed by atoms with van der Waals surface area (Å²) in [5.41, 5.74) is 0.916. The minimum atomic E-state index is -0.550. The summed E-state index contributed by atoms with van der Waals surface area (Å²) in [6, 6.07) is 8.55. The number of anilines is 1. The number of benzene rings is 1. The molecule has 1 aromatic carbocycles. The fourth-order valence-corrected chi connectivity index (χ4v) is 4.06. The van der Waals surface area contributed by atoms with E-state index in [0.29, 0.717) is 49.7 Å². The third-order valence-corrected chi connectivity index (χ3v) is 5.75. The number of ether oxygens (including phenoxy) is 2. The average Bonchev–Trinajstić information content (AvgIpc) is 3.24. The largest absolute Gasteiger partial charge is 0.494 e. The molecular weight excluding hydrogens is 450 g/mol. The first-order valence-electron chi connectivity index (χ1n) is 11.8. The van der Waals surface area contributed by atoms with E-state index in [1.807, 2.05) is 27.7 Å². The molecule has 10 heteroatoms. The Morgan fingerprint density at radius 1 is 1.17 bits per heavy atom. The van der Waals surface area contributed by atoms with E-state index in [0.717, 1.165) is 0 Å². The molecule has 0 spiro atoms. The van der Waals surface area contributed by atoms with Gasteiger partial charge in [-0.2, -0.15) is 0 Å². The van der Waals surface area contributed by atoms with Crippen molar-refractivity contribution in [2.45, 2.75) is 52.1 Å². The van der Waals surface area contributed by atoms with Gasteiger partial charge in [0.15, 0.2) is 5.65 Å². The molecule has 0 unspecified atom stereocenters. The molecule has 0 radical (unpaired) electrons. The fourth-order valence-electron chi connectivity index (χ4n) is 4.06. The van der Waals surface area contributed by atoms with Crippen molar-refractivity contribution in [2.24, 2.45) is 0 Å². The van der Waals surface area contributed by atoms with Crippen molar-refractivity contribution < 1.29 is 19.1 Å². The van der Waals surface area contributed by atoms with Crippen molar-refractivity contribution >= 4 is 23.3 Å². The molecule has 2 N–H and O–H groups in total. The maximum Gasteiger partial charge on any atom is 0.410 e. The van der Waals surface area contributed by atoms with Gasteiger partial charge in [-0.05, 0) is 64.8 Å². The first kappa shape index (κ1) is 24.3. The molecule has 1 fully saturated rings. The molecule has 3 aromatic rings. The van der Waals surface area contributed by atoms with Gasteiger partial charge in [-0.15, -0.1) is 0 Å². The lowest BCUT2D eigenvalue weighted by Gasteiger charge is -2.33. The van der Waals surface area contributed by atoms with Gasteiger partial charge in [0, 0.05) is 37.0 Å². The van der Waals surface area contributed by atoms with Crippen LogP contribution in [-0.2, 0) is 4.74 Å². The number of fused-ring (bicyclic) bond motifs is 1. The monoisotopic (exact) mass is 481 g/mol. The minimum absolute atomic E-state index is 0.00306. The average molecular weight is 482 g/mol. The van der Waals surface area contributed by atoms with Gasteiger partial charge in [-0.1, -0.05) is 0 Å². The molecule has 0 bridgehead atoms. The van der Waals surface area contributed by atoms with Crippen LogP contribution in [0.3, 0.4) is 0 Å². The van der Waals surface area contributed by atoms with E-state index in [2.05, 4.69) is 15.4 Å². The van der Waals surface area contributed by atoms with Crippen LogP contribution in [-0.4, -0.2) is 56.8 Å². The molecule has 0 aliphatic carbocycles. The molecule has 35 heavy (non-hydrogen) atoms. The Morgan fingerprint density at radius 3 is 2.49 bits per heavy atom. The van der Waals surface area contributed by atoms with Gasteiger partial charge < -0.3 is 19.7 Å². The summed E-state index contributed by atoms with van der Waals surface area (Å²) in [5, 5.41) is 5.65. The van der Waals surface area contributed by atoms with Gasteiger partial charge in [0.1, 0.15) is 16.9 Å². The molecule has 1 aliphatic rings. The van der Waals surface area contributed by atoms with Crippen LogP contribution in [0.4, 0.5) is 10.5 Å². The van der Waals surface area contributed by atoms with E-state index in [1.165, 1.54) is 16.8 Å². The van der Waals surface area contributed by atoms with E-state index >= 15 is 0 Å². The number of likely N-dealkylation sites (tertiary alicyclic amines) is 1. The molecule has 1 aliphatic heterocycles. The predicted octanol–water partition coefficient (Wildman–Crippen LogP) is 3.79. The number of H-pyrrole nitrogens is 1. The lowest BCUT2D eigenvalue weighted by molar-refractivity contribution is 0.0204. The fraction of sp³-hybridized carbons (Fsp3) is 0.440. The van der Waals surface area contributed by atoms with Crippen molar-refractivity contribution in [1.82, 2.24) is 19.5 Å². The number of nitrogens with one attached hydrogen (secondary N) is 2. The zero-order valence-electron chi connectivity index (χ0n) is 20.5. The molecule has 3 heterocycles. The number of rotatable bonds is 5. The molecule has 0 atom stereocenters. The lowest BCUT2D eigenvalue weighted by Crippen LogP contribution is -2.41. The molecule has 1 saturated heterocycles. The number of amides is 2. The van der Waals surface area contributed by atoms with Crippen molar-refractivity contribution in [3.05, 3.63) is 58.1 Å². The number of hydrogen-bond donors (Lipinski definition) is 2. The Bertz CT molecular complexity index is 1260. The number of carbonyl (C=O) groups excluding carboxylic acids is 2. The van der Waals surface area contributed by atoms with E-state index in [9.17, 15) is 14.4 Å². The summed E-state index contributed by atoms with van der Waals surface area (Å²) < 4.78 is 12.1. The van der Waals surface area contributed by atoms with E-state index in [1.54, 1.807) is 29.2 Å². The van der Waals surface area contributed by atoms with E-state index in [-0.39, 0.29) is 34.7 Å². The zero-order chi connectivity index (χ0) is 25.2. The zero-order valence-corrected chi connectivity index (χ0v) is 20.5. The topological polar surface area (TPSA) is 118 Å². The molecule has 2 aromatic heterocycles. The summed E-state index contributed by atoms with van der Waals surface area (Å²) in [6.45, 7) is 9.00. The van der Waals surface area contributed by atoms with Crippen LogP contribution in [0.2, 0.25) is 0 Å². The SMILES string of the molecule is CCOc1ccc(NC(=O)c2c[nH]n3c(=O)cc(C4CCN(C(=O)OC(C)(C)C)CC4)nc23)cc1. The van der Waals surface area contributed by atoms with E-state index in [4.69, 9.17) is 9.47 Å². The molecule has 4 rings (SSSR count). The number of nitrogens with zero attached hydrogens (tertiary/aromatic N) is 3. The van der Waals surface area contributed by atoms with Gasteiger partial charge in [0.2, 0.25) is 0 Å². The number of piperidine rings is 1. The molecule has 0 saturated carbocycles. The summed E-state index contributed by atoms with van der Waals surface area (Å²) >= 11 is 0. The number of aromatic nitrogens is 3. The molecule has 2 amide bonds. The predicted molar refractivity (Wildman–Crippen MR) is 131 cm³/mol. The maximum atomic E-state index is 13.0. The van der Waals surface area contributed by atoms with Crippen LogP contribution in [0.1, 0.15) is 62.5 Å². The maximum absolute atomic E-state index is 13.0. The van der Waals surface area contributed by atoms with Gasteiger partial charge in [-0.25, -0.2) is 14.3 Å². The highest BCUT2D eigenvalue weighted by atomic mass is 16.6. The number of hydrogen-bond acceptors (Lipinski definition) is 6. The first-order chi connectivity index (χ1) is 16.6. The summed E-state index contributed by atoms with van der Waals surface area (Å²) in [7, 11) is 0. The van der Waals surface area contributed by atoms with Crippen molar-refractivity contribution in [1.29, 1.82) is 0 Å². The van der Waals surface area contributed by atoms with Crippen molar-refractivity contribution in [3.63, 3.8) is 0 Å². The Kier molecular flexibility index (Phi) is 6.81. The van der Waals surface area contributed by atoms with Crippen LogP contribution in [0, 0.1) is 0 Å². The minimum Gasteiger partial charge on any atom is -0.494 e. The molecule has 186 valence electrons. The Hall–Kier alpha value is -3.82. The molecular formula is C25H31N5O5. The van der Waals surface area contributed by atoms with Crippen LogP contribution in [0.25, 0.3) is 5.65 Å². The number of aromatic amines is 1. The van der Waals surface area contributed by atoms with E-state index < -0.39 is 5.60 Å². The Labute approximate surface area is 203 Å². The highest BCUT2D eigenvalue weighted by Gasteiger charge is 2.29. The normalized spacial score (nSPS) is 14.7. The first-order valence-corrected chi connectivity index (χ1v) is 11.8. The highest BCUT2D eigenvalue weighted by molar-refractivity contribution is 6.08. The van der Waals surface area contributed by atoms with Gasteiger partial charge in [-0.3, -0.25) is 14.7 Å². The quantitative estimate of drug-likeness (QED) is 0.573. The van der Waals surface area contributed by atoms with Crippen molar-refractivity contribution in [2.75, 3.05) is 25.0 Å². The van der Waals surface area contributed by atoms with Crippen molar-refractivity contribution in [3.8, 4) is 5.75 Å². The standard InChI is InChI=1S/C25H31N5O5/c1-5-34-18-8-6-17(7-9-18)27-23(32)19-15-26-30-21(31)14-20(28-22(19)30)16-10-12-29(13-11-16)24(33)35-25(2,3)4/h6-9,14-16,26H,5,10-13H2,1-4H3,(H,27,32). The molecule has 10 nitrogen and oxygen atoms in total. The third kappa shape index (κ3) is 5.64.